The maximum Gasteiger partial charge on any atom is 0.00698 e. The minimum Gasteiger partial charge on any atom is -0.312 e. The first-order valence-electron chi connectivity index (χ1n) is 7.38. The van der Waals surface area contributed by atoms with Crippen LogP contribution in [0, 0.1) is 5.41 Å². The van der Waals surface area contributed by atoms with Crippen LogP contribution in [0.15, 0.2) is 0 Å². The van der Waals surface area contributed by atoms with Crippen molar-refractivity contribution < 1.29 is 0 Å². The molecule has 0 unspecified atom stereocenters. The third-order valence-electron chi connectivity index (χ3n) is 4.18. The highest BCUT2D eigenvalue weighted by molar-refractivity contribution is 4.88. The molecule has 0 spiro atoms. The summed E-state index contributed by atoms with van der Waals surface area (Å²) in [7, 11) is 0. The Labute approximate surface area is 102 Å². The van der Waals surface area contributed by atoms with Gasteiger partial charge in [0.1, 0.15) is 0 Å². The average molecular weight is 225 g/mol. The molecule has 0 aliphatic heterocycles. The van der Waals surface area contributed by atoms with Crippen molar-refractivity contribution in [1.29, 1.82) is 0 Å². The molecule has 1 heteroatoms. The quantitative estimate of drug-likeness (QED) is 0.701. The molecule has 0 atom stereocenters. The van der Waals surface area contributed by atoms with E-state index in [4.69, 9.17) is 0 Å². The lowest BCUT2D eigenvalue weighted by Gasteiger charge is -2.41. The van der Waals surface area contributed by atoms with Gasteiger partial charge in [-0.3, -0.25) is 0 Å². The third-order valence-corrected chi connectivity index (χ3v) is 4.18. The van der Waals surface area contributed by atoms with Crippen molar-refractivity contribution in [2.75, 3.05) is 0 Å². The lowest BCUT2D eigenvalue weighted by atomic mass is 9.67. The highest BCUT2D eigenvalue weighted by Gasteiger charge is 2.33. The zero-order valence-corrected chi connectivity index (χ0v) is 11.8. The van der Waals surface area contributed by atoms with E-state index in [1.54, 1.807) is 0 Å². The van der Waals surface area contributed by atoms with Gasteiger partial charge in [-0.25, -0.2) is 0 Å². The van der Waals surface area contributed by atoms with Gasteiger partial charge in [-0.05, 0) is 43.9 Å². The van der Waals surface area contributed by atoms with Crippen LogP contribution in [0.1, 0.15) is 79.1 Å². The molecule has 1 rings (SSSR count). The highest BCUT2D eigenvalue weighted by atomic mass is 14.9. The van der Waals surface area contributed by atoms with E-state index >= 15 is 0 Å². The van der Waals surface area contributed by atoms with Crippen molar-refractivity contribution in [3.05, 3.63) is 0 Å². The molecule has 0 heterocycles. The van der Waals surface area contributed by atoms with Gasteiger partial charge in [-0.1, -0.05) is 40.5 Å². The van der Waals surface area contributed by atoms with Gasteiger partial charge in [0.25, 0.3) is 0 Å². The first-order valence-corrected chi connectivity index (χ1v) is 7.38. The third kappa shape index (κ3) is 4.08. The number of hydrogen-bond donors (Lipinski definition) is 1. The zero-order valence-electron chi connectivity index (χ0n) is 11.8. The Morgan fingerprint density at radius 1 is 1.06 bits per heavy atom. The largest absolute Gasteiger partial charge is 0.312 e. The van der Waals surface area contributed by atoms with Crippen molar-refractivity contribution in [2.45, 2.75) is 91.1 Å². The maximum absolute atomic E-state index is 3.70. The molecule has 1 nitrogen and oxygen atoms in total. The second kappa shape index (κ2) is 6.64. The lowest BCUT2D eigenvalue weighted by molar-refractivity contribution is 0.130. The van der Waals surface area contributed by atoms with Crippen LogP contribution < -0.4 is 5.32 Å². The summed E-state index contributed by atoms with van der Waals surface area (Å²) in [4.78, 5) is 0. The Balaban J connectivity index is 2.42. The molecule has 1 fully saturated rings. The molecule has 1 aliphatic rings. The number of nitrogens with one attached hydrogen (secondary N) is 1. The molecule has 0 amide bonds. The molecule has 0 aromatic carbocycles. The monoisotopic (exact) mass is 225 g/mol. The summed E-state index contributed by atoms with van der Waals surface area (Å²) in [6, 6.07) is 1.44. The molecule has 0 aromatic heterocycles. The molecule has 0 aromatic rings. The summed E-state index contributed by atoms with van der Waals surface area (Å²) < 4.78 is 0. The minimum atomic E-state index is 0.648. The summed E-state index contributed by atoms with van der Waals surface area (Å²) >= 11 is 0. The van der Waals surface area contributed by atoms with Gasteiger partial charge in [0, 0.05) is 12.1 Å². The van der Waals surface area contributed by atoms with Gasteiger partial charge in [-0.2, -0.15) is 0 Å². The molecule has 1 saturated carbocycles. The second-order valence-corrected chi connectivity index (χ2v) is 6.10. The molecular formula is C15H31N. The van der Waals surface area contributed by atoms with E-state index < -0.39 is 0 Å². The lowest BCUT2D eigenvalue weighted by Crippen LogP contribution is -2.40. The van der Waals surface area contributed by atoms with Crippen molar-refractivity contribution in [3.63, 3.8) is 0 Å². The zero-order chi connectivity index (χ0) is 12.0. The summed E-state index contributed by atoms with van der Waals surface area (Å²) in [5.41, 5.74) is 0.707. The average Bonchev–Trinajstić information content (AvgIpc) is 2.22. The minimum absolute atomic E-state index is 0.648. The molecule has 1 aliphatic carbocycles. The van der Waals surface area contributed by atoms with Gasteiger partial charge >= 0.3 is 0 Å². The van der Waals surface area contributed by atoms with Gasteiger partial charge in [0.05, 0.1) is 0 Å². The fraction of sp³-hybridized carbons (Fsp3) is 1.00. The van der Waals surface area contributed by atoms with Crippen molar-refractivity contribution in [1.82, 2.24) is 5.32 Å². The van der Waals surface area contributed by atoms with E-state index in [-0.39, 0.29) is 0 Å². The Morgan fingerprint density at radius 2 is 1.56 bits per heavy atom. The topological polar surface area (TPSA) is 12.0 Å². The van der Waals surface area contributed by atoms with Crippen LogP contribution in [-0.4, -0.2) is 12.1 Å². The van der Waals surface area contributed by atoms with Crippen LogP contribution >= 0.6 is 0 Å². The van der Waals surface area contributed by atoms with Gasteiger partial charge in [0.2, 0.25) is 0 Å². The van der Waals surface area contributed by atoms with Crippen LogP contribution in [-0.2, 0) is 0 Å². The van der Waals surface area contributed by atoms with Crippen LogP contribution in [0.2, 0.25) is 0 Å². The van der Waals surface area contributed by atoms with E-state index in [0.29, 0.717) is 11.5 Å². The number of rotatable bonds is 6. The Morgan fingerprint density at radius 3 is 1.94 bits per heavy atom. The Hall–Kier alpha value is -0.0400. The van der Waals surface area contributed by atoms with Crippen molar-refractivity contribution in [2.24, 2.45) is 5.41 Å². The molecular weight excluding hydrogens is 194 g/mol. The first-order chi connectivity index (χ1) is 7.62. The van der Waals surface area contributed by atoms with E-state index in [0.717, 1.165) is 6.04 Å². The predicted molar refractivity (Wildman–Crippen MR) is 72.8 cm³/mol. The van der Waals surface area contributed by atoms with Crippen LogP contribution in [0.25, 0.3) is 0 Å². The highest BCUT2D eigenvalue weighted by Crippen LogP contribution is 2.43. The SMILES string of the molecule is CCCC1(CCC)CCC(NC(C)C)CC1. The smallest absolute Gasteiger partial charge is 0.00698 e. The van der Waals surface area contributed by atoms with Crippen LogP contribution in [0.3, 0.4) is 0 Å². The summed E-state index contributed by atoms with van der Waals surface area (Å²) in [6.07, 6.45) is 11.4. The molecule has 1 N–H and O–H groups in total. The van der Waals surface area contributed by atoms with Gasteiger partial charge < -0.3 is 5.32 Å². The molecule has 16 heavy (non-hydrogen) atoms. The van der Waals surface area contributed by atoms with E-state index in [1.165, 1.54) is 51.4 Å². The standard InChI is InChI=1S/C15H31N/c1-5-9-15(10-6-2)11-7-14(8-12-15)16-13(3)4/h13-14,16H,5-12H2,1-4H3. The normalized spacial score (nSPS) is 21.6. The van der Waals surface area contributed by atoms with E-state index in [9.17, 15) is 0 Å². The predicted octanol–water partition coefficient (Wildman–Crippen LogP) is 4.51. The van der Waals surface area contributed by atoms with Gasteiger partial charge in [0.15, 0.2) is 0 Å². The fourth-order valence-electron chi connectivity index (χ4n) is 3.55. The van der Waals surface area contributed by atoms with Crippen LogP contribution in [0.5, 0.6) is 0 Å². The second-order valence-electron chi connectivity index (χ2n) is 6.10. The Bertz CT molecular complexity index is 170. The summed E-state index contributed by atoms with van der Waals surface area (Å²) in [5, 5.41) is 3.70. The molecule has 0 saturated heterocycles. The van der Waals surface area contributed by atoms with Crippen molar-refractivity contribution in [3.8, 4) is 0 Å². The number of hydrogen-bond acceptors (Lipinski definition) is 1. The molecule has 96 valence electrons. The van der Waals surface area contributed by atoms with E-state index in [2.05, 4.69) is 33.0 Å². The van der Waals surface area contributed by atoms with Gasteiger partial charge in [-0.15, -0.1) is 0 Å². The summed E-state index contributed by atoms with van der Waals surface area (Å²) in [5.74, 6) is 0. The fourth-order valence-corrected chi connectivity index (χ4v) is 3.55. The summed E-state index contributed by atoms with van der Waals surface area (Å²) in [6.45, 7) is 9.21. The Kier molecular flexibility index (Phi) is 5.82. The first kappa shape index (κ1) is 14.0. The van der Waals surface area contributed by atoms with Crippen molar-refractivity contribution >= 4 is 0 Å². The molecule has 0 radical (unpaired) electrons. The maximum atomic E-state index is 3.70. The van der Waals surface area contributed by atoms with E-state index in [1.807, 2.05) is 0 Å². The van der Waals surface area contributed by atoms with Crippen LogP contribution in [0.4, 0.5) is 0 Å². The molecule has 0 bridgehead atoms.